The molecule has 2 aromatic rings. The molecule has 2 amide bonds. The number of carbonyl (C=O) groups excluding carboxylic acids is 1. The second-order valence-electron chi connectivity index (χ2n) is 9.50. The van der Waals surface area contributed by atoms with E-state index >= 15 is 0 Å². The summed E-state index contributed by atoms with van der Waals surface area (Å²) in [7, 11) is 1.75. The van der Waals surface area contributed by atoms with Gasteiger partial charge in [-0.1, -0.05) is 12.1 Å². The van der Waals surface area contributed by atoms with Crippen molar-refractivity contribution in [2.45, 2.75) is 18.9 Å². The second kappa shape index (κ2) is 10.3. The SMILES string of the molecule is COc1ccccc1N1CCN(C[C@H]2CN3CC[C@H]2C[C@@H]3CNC(=O)Nc2ccsc2)CC1. The van der Waals surface area contributed by atoms with Crippen LogP contribution in [0.25, 0.3) is 0 Å². The number of nitrogens with zero attached hydrogens (tertiary/aromatic N) is 3. The van der Waals surface area contributed by atoms with Crippen LogP contribution in [0, 0.1) is 11.8 Å². The standard InChI is InChI=1S/C25H35N5O2S/c1-32-24-5-3-2-4-23(24)29-11-9-28(10-12-29)16-20-17-30-8-6-19(20)14-22(30)15-26-25(31)27-21-7-13-33-18-21/h2-5,7,13,18-20,22H,6,8-12,14-17H2,1H3,(H2,26,27,31)/t19-,20-,22+/m0/s1. The molecule has 0 spiro atoms. The Kier molecular flexibility index (Phi) is 7.04. The fourth-order valence-electron chi connectivity index (χ4n) is 5.78. The zero-order valence-electron chi connectivity index (χ0n) is 19.4. The maximum atomic E-state index is 12.2. The molecule has 1 aromatic heterocycles. The van der Waals surface area contributed by atoms with Gasteiger partial charge in [0.05, 0.1) is 18.5 Å². The largest absolute Gasteiger partial charge is 0.495 e. The van der Waals surface area contributed by atoms with Gasteiger partial charge in [-0.3, -0.25) is 9.80 Å². The number of thiophene rings is 1. The lowest BCUT2D eigenvalue weighted by Gasteiger charge is -2.51. The van der Waals surface area contributed by atoms with Crippen LogP contribution in [0.15, 0.2) is 41.1 Å². The summed E-state index contributed by atoms with van der Waals surface area (Å²) in [5.74, 6) is 2.48. The normalized spacial score (nSPS) is 27.4. The van der Waals surface area contributed by atoms with E-state index in [0.29, 0.717) is 6.04 Å². The first kappa shape index (κ1) is 22.5. The number of hydrogen-bond acceptors (Lipinski definition) is 6. The molecule has 4 aliphatic rings. The molecule has 7 nitrogen and oxygen atoms in total. The molecule has 178 valence electrons. The van der Waals surface area contributed by atoms with Crippen LogP contribution >= 0.6 is 11.3 Å². The van der Waals surface area contributed by atoms with Gasteiger partial charge >= 0.3 is 6.03 Å². The molecule has 0 aliphatic carbocycles. The lowest BCUT2D eigenvalue weighted by atomic mass is 9.75. The predicted octanol–water partition coefficient (Wildman–Crippen LogP) is 3.41. The van der Waals surface area contributed by atoms with Crippen molar-refractivity contribution in [3.63, 3.8) is 0 Å². The van der Waals surface area contributed by atoms with Crippen molar-refractivity contribution in [1.29, 1.82) is 0 Å². The van der Waals surface area contributed by atoms with E-state index < -0.39 is 0 Å². The third-order valence-electron chi connectivity index (χ3n) is 7.58. The van der Waals surface area contributed by atoms with Crippen LogP contribution in [0.2, 0.25) is 0 Å². The number of hydrogen-bond donors (Lipinski definition) is 2. The first-order chi connectivity index (χ1) is 16.2. The third kappa shape index (κ3) is 5.28. The van der Waals surface area contributed by atoms with Crippen molar-refractivity contribution in [3.8, 4) is 5.75 Å². The van der Waals surface area contributed by atoms with Gasteiger partial charge < -0.3 is 20.3 Å². The van der Waals surface area contributed by atoms with E-state index in [0.717, 1.165) is 62.5 Å². The Hall–Kier alpha value is -2.29. The summed E-state index contributed by atoms with van der Waals surface area (Å²) in [5.41, 5.74) is 2.08. The van der Waals surface area contributed by atoms with Gasteiger partial charge in [0.15, 0.2) is 0 Å². The lowest BCUT2D eigenvalue weighted by Crippen LogP contribution is -2.59. The number of piperidine rings is 3. The summed E-state index contributed by atoms with van der Waals surface area (Å²) in [6.45, 7) is 8.57. The molecule has 4 aliphatic heterocycles. The zero-order chi connectivity index (χ0) is 22.6. The van der Waals surface area contributed by atoms with Crippen LogP contribution in [0.4, 0.5) is 16.2 Å². The highest BCUT2D eigenvalue weighted by molar-refractivity contribution is 7.08. The fourth-order valence-corrected chi connectivity index (χ4v) is 6.37. The number of carbonyl (C=O) groups is 1. The van der Waals surface area contributed by atoms with Crippen molar-refractivity contribution in [1.82, 2.24) is 15.1 Å². The number of nitrogens with one attached hydrogen (secondary N) is 2. The zero-order valence-corrected chi connectivity index (χ0v) is 20.2. The number of para-hydroxylation sites is 2. The van der Waals surface area contributed by atoms with Crippen molar-refractivity contribution >= 4 is 28.7 Å². The van der Waals surface area contributed by atoms with Gasteiger partial charge in [0.25, 0.3) is 0 Å². The van der Waals surface area contributed by atoms with E-state index in [9.17, 15) is 4.79 Å². The van der Waals surface area contributed by atoms with Crippen LogP contribution in [-0.2, 0) is 0 Å². The summed E-state index contributed by atoms with van der Waals surface area (Å²) in [6, 6.07) is 10.6. The molecule has 2 bridgehead atoms. The number of rotatable bonds is 7. The second-order valence-corrected chi connectivity index (χ2v) is 10.3. The topological polar surface area (TPSA) is 60.1 Å². The first-order valence-corrected chi connectivity index (χ1v) is 13.1. The minimum Gasteiger partial charge on any atom is -0.495 e. The molecule has 33 heavy (non-hydrogen) atoms. The van der Waals surface area contributed by atoms with Crippen LogP contribution in [0.1, 0.15) is 12.8 Å². The molecule has 0 radical (unpaired) electrons. The molecule has 1 unspecified atom stereocenters. The number of amides is 2. The van der Waals surface area contributed by atoms with Crippen molar-refractivity contribution < 1.29 is 9.53 Å². The first-order valence-electron chi connectivity index (χ1n) is 12.1. The highest BCUT2D eigenvalue weighted by Crippen LogP contribution is 2.37. The Labute approximate surface area is 200 Å². The van der Waals surface area contributed by atoms with E-state index in [1.54, 1.807) is 18.4 Å². The van der Waals surface area contributed by atoms with Gasteiger partial charge in [0.1, 0.15) is 5.75 Å². The Balaban J connectivity index is 1.07. The summed E-state index contributed by atoms with van der Waals surface area (Å²) < 4.78 is 5.56. The number of anilines is 2. The van der Waals surface area contributed by atoms with E-state index in [4.69, 9.17) is 4.74 Å². The smallest absolute Gasteiger partial charge is 0.319 e. The summed E-state index contributed by atoms with van der Waals surface area (Å²) >= 11 is 1.59. The lowest BCUT2D eigenvalue weighted by molar-refractivity contribution is -0.0114. The number of benzene rings is 1. The van der Waals surface area contributed by atoms with E-state index in [2.05, 4.69) is 37.5 Å². The van der Waals surface area contributed by atoms with Crippen molar-refractivity contribution in [2.24, 2.45) is 11.8 Å². The molecule has 6 rings (SSSR count). The molecule has 4 saturated heterocycles. The van der Waals surface area contributed by atoms with E-state index in [-0.39, 0.29) is 6.03 Å². The van der Waals surface area contributed by atoms with E-state index in [1.807, 2.05) is 29.0 Å². The Morgan fingerprint density at radius 2 is 2.00 bits per heavy atom. The minimum atomic E-state index is -0.0967. The average molecular weight is 470 g/mol. The maximum Gasteiger partial charge on any atom is 0.319 e. The minimum absolute atomic E-state index is 0.0967. The van der Waals surface area contributed by atoms with Gasteiger partial charge in [-0.2, -0.15) is 11.3 Å². The maximum absolute atomic E-state index is 12.2. The summed E-state index contributed by atoms with van der Waals surface area (Å²) in [4.78, 5) is 19.9. The number of piperazine rings is 1. The Bertz CT molecular complexity index is 915. The number of fused-ring (bicyclic) bond motifs is 3. The molecule has 0 saturated carbocycles. The van der Waals surface area contributed by atoms with Gasteiger partial charge in [-0.25, -0.2) is 4.79 Å². The highest BCUT2D eigenvalue weighted by Gasteiger charge is 2.40. The molecular formula is C25H35N5O2S. The fraction of sp³-hybridized carbons (Fsp3) is 0.560. The Morgan fingerprint density at radius 1 is 1.15 bits per heavy atom. The van der Waals surface area contributed by atoms with Crippen LogP contribution in [0.5, 0.6) is 5.75 Å². The quantitative estimate of drug-likeness (QED) is 0.651. The number of methoxy groups -OCH3 is 1. The van der Waals surface area contributed by atoms with Crippen LogP contribution in [-0.4, -0.2) is 81.3 Å². The molecule has 4 atom stereocenters. The Morgan fingerprint density at radius 3 is 2.73 bits per heavy atom. The summed E-state index contributed by atoms with van der Waals surface area (Å²) in [5, 5.41) is 9.93. The van der Waals surface area contributed by atoms with Gasteiger partial charge in [0, 0.05) is 57.2 Å². The molecule has 4 fully saturated rings. The van der Waals surface area contributed by atoms with Gasteiger partial charge in [-0.15, -0.1) is 0 Å². The summed E-state index contributed by atoms with van der Waals surface area (Å²) in [6.07, 6.45) is 2.49. The third-order valence-corrected chi connectivity index (χ3v) is 8.27. The molecular weight excluding hydrogens is 434 g/mol. The van der Waals surface area contributed by atoms with Crippen LogP contribution < -0.4 is 20.3 Å². The van der Waals surface area contributed by atoms with Gasteiger partial charge in [-0.05, 0) is 54.8 Å². The van der Waals surface area contributed by atoms with Crippen molar-refractivity contribution in [3.05, 3.63) is 41.1 Å². The van der Waals surface area contributed by atoms with Gasteiger partial charge in [0.2, 0.25) is 0 Å². The predicted molar refractivity (Wildman–Crippen MR) is 135 cm³/mol. The van der Waals surface area contributed by atoms with Crippen molar-refractivity contribution in [2.75, 3.05) is 69.7 Å². The monoisotopic (exact) mass is 469 g/mol. The van der Waals surface area contributed by atoms with Crippen LogP contribution in [0.3, 0.4) is 0 Å². The number of ether oxygens (including phenoxy) is 1. The molecule has 5 heterocycles. The molecule has 2 N–H and O–H groups in total. The van der Waals surface area contributed by atoms with E-state index in [1.165, 1.54) is 31.6 Å². The average Bonchev–Trinajstić information content (AvgIpc) is 3.37. The number of urea groups is 1. The molecule has 1 aromatic carbocycles. The molecule has 8 heteroatoms. The highest BCUT2D eigenvalue weighted by atomic mass is 32.1.